The van der Waals surface area contributed by atoms with Gasteiger partial charge in [-0.3, -0.25) is 9.89 Å². The minimum Gasteiger partial charge on any atom is -0.382 e. The molecule has 0 aliphatic carbocycles. The molecule has 41 heavy (non-hydrogen) atoms. The van der Waals surface area contributed by atoms with E-state index in [1.54, 1.807) is 11.0 Å². The highest BCUT2D eigenvalue weighted by atomic mass is 35.5. The van der Waals surface area contributed by atoms with Gasteiger partial charge in [-0.2, -0.15) is 10.1 Å². The number of rotatable bonds is 5. The van der Waals surface area contributed by atoms with Crippen molar-refractivity contribution >= 4 is 56.9 Å². The number of aromatic nitrogens is 4. The number of hydrogen-bond acceptors (Lipinski definition) is 8. The van der Waals surface area contributed by atoms with E-state index in [0.29, 0.717) is 59.3 Å². The van der Waals surface area contributed by atoms with E-state index >= 15 is 4.39 Å². The van der Waals surface area contributed by atoms with Crippen LogP contribution in [0.4, 0.5) is 22.0 Å². The predicted molar refractivity (Wildman–Crippen MR) is 162 cm³/mol. The molecule has 0 unspecified atom stereocenters. The van der Waals surface area contributed by atoms with Crippen molar-refractivity contribution in [3.63, 3.8) is 0 Å². The molecular formula is C29H33ClFN9O. The maximum absolute atomic E-state index is 16.8. The van der Waals surface area contributed by atoms with Crippen molar-refractivity contribution in [2.75, 3.05) is 62.4 Å². The van der Waals surface area contributed by atoms with Crippen molar-refractivity contribution in [1.82, 2.24) is 30.0 Å². The van der Waals surface area contributed by atoms with Crippen LogP contribution in [-0.4, -0.2) is 94.8 Å². The number of fused-ring (bicyclic) bond motifs is 2. The first-order valence-corrected chi connectivity index (χ1v) is 14.0. The van der Waals surface area contributed by atoms with Crippen molar-refractivity contribution in [2.45, 2.75) is 25.9 Å². The van der Waals surface area contributed by atoms with Gasteiger partial charge in [0.15, 0.2) is 11.6 Å². The number of hydrogen-bond donors (Lipinski definition) is 2. The molecule has 4 heterocycles. The minimum atomic E-state index is -0.536. The summed E-state index contributed by atoms with van der Waals surface area (Å²) in [5, 5.41) is 8.42. The van der Waals surface area contributed by atoms with Gasteiger partial charge in [-0.05, 0) is 51.7 Å². The Morgan fingerprint density at radius 1 is 1.22 bits per heavy atom. The van der Waals surface area contributed by atoms with Crippen molar-refractivity contribution in [3.05, 3.63) is 47.3 Å². The summed E-state index contributed by atoms with van der Waals surface area (Å²) in [5.74, 6) is 0.691. The van der Waals surface area contributed by atoms with Crippen molar-refractivity contribution < 1.29 is 9.18 Å². The molecule has 1 atom stereocenters. The third-order valence-corrected chi connectivity index (χ3v) is 8.63. The molecule has 2 aromatic heterocycles. The number of piperazine rings is 1. The monoisotopic (exact) mass is 577 g/mol. The molecule has 2 aliphatic heterocycles. The van der Waals surface area contributed by atoms with Gasteiger partial charge in [0, 0.05) is 61.3 Å². The van der Waals surface area contributed by atoms with Gasteiger partial charge in [-0.25, -0.2) is 9.37 Å². The standard InChI is InChI=1S/C29H33ClFN9O/c1-6-21(41)38-9-10-40(16(3)12-38)28-18-11-19(30)23(22-15(2)7-8-20-24(22)27(32)36-35-20)25(31)26(18)33-29(34-28)39-13-17(14-39)37(4)5/h6-8,11,16-17H,1,9-10,12-14H2,2-5H3,(H3,32,35,36)/t16-/m0/s1. The van der Waals surface area contributed by atoms with Gasteiger partial charge in [0.05, 0.1) is 15.9 Å². The van der Waals surface area contributed by atoms with Gasteiger partial charge in [0.2, 0.25) is 11.9 Å². The normalized spacial score (nSPS) is 18.0. The van der Waals surface area contributed by atoms with Crippen LogP contribution in [0.1, 0.15) is 12.5 Å². The summed E-state index contributed by atoms with van der Waals surface area (Å²) in [4.78, 5) is 30.1. The molecule has 10 nitrogen and oxygen atoms in total. The van der Waals surface area contributed by atoms with Crippen LogP contribution in [0.25, 0.3) is 32.9 Å². The number of benzene rings is 2. The average Bonchev–Trinajstić information content (AvgIpc) is 3.29. The van der Waals surface area contributed by atoms with E-state index in [1.165, 1.54) is 6.08 Å². The number of anilines is 3. The van der Waals surface area contributed by atoms with Crippen molar-refractivity contribution in [3.8, 4) is 11.1 Å². The highest BCUT2D eigenvalue weighted by molar-refractivity contribution is 6.35. The Morgan fingerprint density at radius 3 is 2.66 bits per heavy atom. The van der Waals surface area contributed by atoms with Crippen LogP contribution in [-0.2, 0) is 4.79 Å². The summed E-state index contributed by atoms with van der Waals surface area (Å²) in [6.07, 6.45) is 1.33. The van der Waals surface area contributed by atoms with Gasteiger partial charge in [0.25, 0.3) is 0 Å². The van der Waals surface area contributed by atoms with Gasteiger partial charge in [0.1, 0.15) is 11.3 Å². The molecule has 6 rings (SSSR count). The molecule has 0 spiro atoms. The predicted octanol–water partition coefficient (Wildman–Crippen LogP) is 3.83. The first-order valence-electron chi connectivity index (χ1n) is 13.6. The lowest BCUT2D eigenvalue weighted by molar-refractivity contribution is -0.126. The second-order valence-corrected chi connectivity index (χ2v) is 11.5. The molecule has 1 amide bonds. The van der Waals surface area contributed by atoms with E-state index in [2.05, 4.69) is 31.5 Å². The highest BCUT2D eigenvalue weighted by Gasteiger charge is 2.34. The Labute approximate surface area is 242 Å². The van der Waals surface area contributed by atoms with Crippen LogP contribution in [0.5, 0.6) is 0 Å². The maximum Gasteiger partial charge on any atom is 0.246 e. The number of nitrogens with zero attached hydrogens (tertiary/aromatic N) is 7. The molecule has 2 aliphatic rings. The molecule has 12 heteroatoms. The minimum absolute atomic E-state index is 0.0762. The Bertz CT molecular complexity index is 1700. The third kappa shape index (κ3) is 4.43. The topological polar surface area (TPSA) is 111 Å². The largest absolute Gasteiger partial charge is 0.382 e. The van der Waals surface area contributed by atoms with E-state index in [1.807, 2.05) is 40.1 Å². The Hall–Kier alpha value is -3.96. The maximum atomic E-state index is 16.8. The zero-order valence-corrected chi connectivity index (χ0v) is 24.3. The second-order valence-electron chi connectivity index (χ2n) is 11.1. The number of aryl methyl sites for hydroxylation is 1. The van der Waals surface area contributed by atoms with Crippen molar-refractivity contribution in [1.29, 1.82) is 0 Å². The van der Waals surface area contributed by atoms with E-state index < -0.39 is 5.82 Å². The SMILES string of the molecule is C=CC(=O)N1CCN(c2nc(N3CC(N(C)C)C3)nc3c(F)c(-c4c(C)ccc5[nH]nc(N)c45)c(Cl)cc23)[C@@H](C)C1. The number of halogens is 2. The second kappa shape index (κ2) is 10.1. The first-order chi connectivity index (χ1) is 19.6. The quantitative estimate of drug-likeness (QED) is 0.344. The lowest BCUT2D eigenvalue weighted by Gasteiger charge is -2.44. The van der Waals surface area contributed by atoms with Crippen LogP contribution in [0.2, 0.25) is 5.02 Å². The number of carbonyl (C=O) groups excluding carboxylic acids is 1. The van der Waals surface area contributed by atoms with Crippen LogP contribution < -0.4 is 15.5 Å². The van der Waals surface area contributed by atoms with E-state index in [0.717, 1.165) is 18.7 Å². The van der Waals surface area contributed by atoms with Gasteiger partial charge < -0.3 is 25.3 Å². The summed E-state index contributed by atoms with van der Waals surface area (Å²) in [6, 6.07) is 5.79. The fraction of sp³-hybridized carbons (Fsp3) is 0.379. The molecule has 2 aromatic carbocycles. The van der Waals surface area contributed by atoms with Crippen LogP contribution in [0.3, 0.4) is 0 Å². The number of nitrogens with two attached hydrogens (primary N) is 1. The smallest absolute Gasteiger partial charge is 0.246 e. The summed E-state index contributed by atoms with van der Waals surface area (Å²) in [5.41, 5.74) is 8.73. The Morgan fingerprint density at radius 2 is 1.98 bits per heavy atom. The van der Waals surface area contributed by atoms with Gasteiger partial charge in [-0.1, -0.05) is 24.2 Å². The summed E-state index contributed by atoms with van der Waals surface area (Å²) in [7, 11) is 4.08. The van der Waals surface area contributed by atoms with Crippen molar-refractivity contribution in [2.24, 2.45) is 0 Å². The number of nitrogen functional groups attached to an aromatic ring is 1. The number of amides is 1. The van der Waals surface area contributed by atoms with Gasteiger partial charge in [-0.15, -0.1) is 0 Å². The number of H-pyrrole nitrogens is 1. The Balaban J connectivity index is 1.54. The number of likely N-dealkylation sites (N-methyl/N-ethyl adjacent to an activating group) is 1. The third-order valence-electron chi connectivity index (χ3n) is 8.33. The average molecular weight is 578 g/mol. The molecule has 214 valence electrons. The molecule has 2 fully saturated rings. The lowest BCUT2D eigenvalue weighted by atomic mass is 9.94. The lowest BCUT2D eigenvalue weighted by Crippen LogP contribution is -2.58. The van der Waals surface area contributed by atoms with Crippen LogP contribution >= 0.6 is 11.6 Å². The van der Waals surface area contributed by atoms with Crippen LogP contribution in [0, 0.1) is 12.7 Å². The molecule has 4 aromatic rings. The molecule has 0 radical (unpaired) electrons. The fourth-order valence-electron chi connectivity index (χ4n) is 5.87. The molecule has 2 saturated heterocycles. The molecule has 0 saturated carbocycles. The number of aromatic amines is 1. The molecule has 3 N–H and O–H groups in total. The van der Waals surface area contributed by atoms with Gasteiger partial charge >= 0.3 is 0 Å². The zero-order valence-electron chi connectivity index (χ0n) is 23.6. The van der Waals surface area contributed by atoms with Crippen LogP contribution in [0.15, 0.2) is 30.9 Å². The van der Waals surface area contributed by atoms with E-state index in [9.17, 15) is 4.79 Å². The van der Waals surface area contributed by atoms with E-state index in [4.69, 9.17) is 27.3 Å². The number of carbonyl (C=O) groups is 1. The van der Waals surface area contributed by atoms with E-state index in [-0.39, 0.29) is 33.9 Å². The molecular weight excluding hydrogens is 545 g/mol. The number of nitrogens with one attached hydrogen (secondary N) is 1. The summed E-state index contributed by atoms with van der Waals surface area (Å²) >= 11 is 6.89. The molecule has 0 bridgehead atoms. The zero-order chi connectivity index (χ0) is 29.2. The highest BCUT2D eigenvalue weighted by Crippen LogP contribution is 2.44. The summed E-state index contributed by atoms with van der Waals surface area (Å²) < 4.78 is 16.8. The fourth-order valence-corrected chi connectivity index (χ4v) is 6.16. The first kappa shape index (κ1) is 27.2. The Kier molecular flexibility index (Phi) is 6.74. The summed E-state index contributed by atoms with van der Waals surface area (Å²) in [6.45, 7) is 10.5.